The average Bonchev–Trinajstić information content (AvgIpc) is 3.23. The molecule has 0 bridgehead atoms. The zero-order valence-corrected chi connectivity index (χ0v) is 12.9. The first-order valence-electron chi connectivity index (χ1n) is 6.99. The summed E-state index contributed by atoms with van der Waals surface area (Å²) < 4.78 is 7.37. The Kier molecular flexibility index (Phi) is 3.16. The number of imidazole rings is 1. The molecule has 0 saturated carbocycles. The summed E-state index contributed by atoms with van der Waals surface area (Å²) >= 11 is 1.69. The van der Waals surface area contributed by atoms with Gasteiger partial charge in [-0.05, 0) is 46.8 Å². The van der Waals surface area contributed by atoms with Crippen LogP contribution in [-0.4, -0.2) is 16.5 Å². The van der Waals surface area contributed by atoms with Crippen LogP contribution in [0.5, 0.6) is 5.75 Å². The van der Waals surface area contributed by atoms with Gasteiger partial charge in [-0.3, -0.25) is 0 Å². The van der Waals surface area contributed by atoms with E-state index >= 15 is 0 Å². The molecule has 0 saturated heterocycles. The van der Waals surface area contributed by atoms with E-state index in [1.807, 2.05) is 24.3 Å². The lowest BCUT2D eigenvalue weighted by Crippen LogP contribution is -1.87. The Hall–Kier alpha value is -2.59. The van der Waals surface area contributed by atoms with Crippen LogP contribution in [0.1, 0.15) is 0 Å². The summed E-state index contributed by atoms with van der Waals surface area (Å²) in [7, 11) is 1.69. The molecule has 3 aromatic heterocycles. The molecule has 3 nitrogen and oxygen atoms in total. The number of ether oxygens (including phenoxy) is 1. The van der Waals surface area contributed by atoms with Gasteiger partial charge in [0.15, 0.2) is 0 Å². The van der Waals surface area contributed by atoms with Gasteiger partial charge >= 0.3 is 0 Å². The quantitative estimate of drug-likeness (QED) is 0.546. The monoisotopic (exact) mass is 306 g/mol. The first kappa shape index (κ1) is 13.1. The van der Waals surface area contributed by atoms with Gasteiger partial charge in [-0.25, -0.2) is 4.98 Å². The minimum atomic E-state index is 0.863. The highest BCUT2D eigenvalue weighted by molar-refractivity contribution is 7.08. The highest BCUT2D eigenvalue weighted by Crippen LogP contribution is 2.26. The van der Waals surface area contributed by atoms with E-state index in [1.54, 1.807) is 18.4 Å². The fourth-order valence-electron chi connectivity index (χ4n) is 2.51. The number of benzene rings is 1. The van der Waals surface area contributed by atoms with Crippen molar-refractivity contribution in [2.75, 3.05) is 7.11 Å². The lowest BCUT2D eigenvalue weighted by atomic mass is 10.1. The molecular weight excluding hydrogens is 292 g/mol. The zero-order valence-electron chi connectivity index (χ0n) is 12.1. The second-order valence-electron chi connectivity index (χ2n) is 5.05. The van der Waals surface area contributed by atoms with E-state index in [9.17, 15) is 0 Å². The Bertz CT molecular complexity index is 925. The van der Waals surface area contributed by atoms with Crippen molar-refractivity contribution in [3.8, 4) is 28.1 Å². The number of aromatic nitrogens is 2. The third-order valence-electron chi connectivity index (χ3n) is 3.67. The van der Waals surface area contributed by atoms with E-state index in [0.717, 1.165) is 33.8 Å². The van der Waals surface area contributed by atoms with Gasteiger partial charge in [0.1, 0.15) is 11.4 Å². The Labute approximate surface area is 132 Å². The standard InChI is InChI=1S/C18H14N2OS/c1-21-16-4-2-3-13(9-16)14-5-6-18-19-17(11-20(18)10-14)15-7-8-22-12-15/h2-12H,1H3. The second-order valence-corrected chi connectivity index (χ2v) is 5.83. The van der Waals surface area contributed by atoms with E-state index in [4.69, 9.17) is 4.74 Å². The number of fused-ring (bicyclic) bond motifs is 1. The molecule has 3 heterocycles. The van der Waals surface area contributed by atoms with E-state index in [0.29, 0.717) is 0 Å². The van der Waals surface area contributed by atoms with Crippen LogP contribution < -0.4 is 4.74 Å². The number of thiophene rings is 1. The van der Waals surface area contributed by atoms with Crippen molar-refractivity contribution < 1.29 is 4.74 Å². The summed E-state index contributed by atoms with van der Waals surface area (Å²) in [6, 6.07) is 14.3. The molecule has 0 aliphatic heterocycles. The molecule has 4 rings (SSSR count). The fourth-order valence-corrected chi connectivity index (χ4v) is 3.16. The van der Waals surface area contributed by atoms with E-state index < -0.39 is 0 Å². The molecule has 22 heavy (non-hydrogen) atoms. The topological polar surface area (TPSA) is 26.5 Å². The van der Waals surface area contributed by atoms with Crippen molar-refractivity contribution in [1.29, 1.82) is 0 Å². The maximum Gasteiger partial charge on any atom is 0.137 e. The molecular formula is C18H14N2OS. The third-order valence-corrected chi connectivity index (χ3v) is 4.35. The molecule has 4 heteroatoms. The molecule has 0 amide bonds. The Balaban J connectivity index is 1.80. The lowest BCUT2D eigenvalue weighted by Gasteiger charge is -2.05. The SMILES string of the molecule is COc1cccc(-c2ccc3nc(-c4ccsc4)cn3c2)c1. The number of pyridine rings is 1. The van der Waals surface area contributed by atoms with Gasteiger partial charge in [0.05, 0.1) is 12.8 Å². The van der Waals surface area contributed by atoms with Crippen LogP contribution in [0.4, 0.5) is 0 Å². The van der Waals surface area contributed by atoms with E-state index in [-0.39, 0.29) is 0 Å². The van der Waals surface area contributed by atoms with Crippen molar-refractivity contribution in [3.05, 3.63) is 65.6 Å². The third kappa shape index (κ3) is 2.27. The molecule has 0 spiro atoms. The minimum absolute atomic E-state index is 0.863. The predicted molar refractivity (Wildman–Crippen MR) is 90.5 cm³/mol. The Morgan fingerprint density at radius 1 is 1.00 bits per heavy atom. The highest BCUT2D eigenvalue weighted by atomic mass is 32.1. The molecule has 0 fully saturated rings. The normalized spacial score (nSPS) is 11.0. The summed E-state index contributed by atoms with van der Waals surface area (Å²) in [6.07, 6.45) is 4.17. The van der Waals surface area contributed by atoms with E-state index in [1.165, 1.54) is 0 Å². The minimum Gasteiger partial charge on any atom is -0.497 e. The molecule has 0 unspecified atom stereocenters. The molecule has 4 aromatic rings. The van der Waals surface area contributed by atoms with Crippen LogP contribution in [0.3, 0.4) is 0 Å². The zero-order chi connectivity index (χ0) is 14.9. The van der Waals surface area contributed by atoms with Crippen LogP contribution in [0, 0.1) is 0 Å². The van der Waals surface area contributed by atoms with E-state index in [2.05, 4.69) is 50.7 Å². The smallest absolute Gasteiger partial charge is 0.137 e. The Morgan fingerprint density at radius 3 is 2.77 bits per heavy atom. The van der Waals surface area contributed by atoms with Crippen LogP contribution in [-0.2, 0) is 0 Å². The number of hydrogen-bond donors (Lipinski definition) is 0. The number of methoxy groups -OCH3 is 1. The van der Waals surface area contributed by atoms with Gasteiger partial charge in [0.25, 0.3) is 0 Å². The summed E-state index contributed by atoms with van der Waals surface area (Å²) in [5.41, 5.74) is 5.39. The number of nitrogens with zero attached hydrogens (tertiary/aromatic N) is 2. The molecule has 108 valence electrons. The van der Waals surface area contributed by atoms with Crippen LogP contribution in [0.15, 0.2) is 65.6 Å². The van der Waals surface area contributed by atoms with Crippen LogP contribution in [0.2, 0.25) is 0 Å². The van der Waals surface area contributed by atoms with Gasteiger partial charge in [0, 0.05) is 23.3 Å². The summed E-state index contributed by atoms with van der Waals surface area (Å²) in [5.74, 6) is 0.863. The fraction of sp³-hybridized carbons (Fsp3) is 0.0556. The van der Waals surface area contributed by atoms with Crippen LogP contribution in [0.25, 0.3) is 28.0 Å². The van der Waals surface area contributed by atoms with Gasteiger partial charge in [-0.1, -0.05) is 12.1 Å². The van der Waals surface area contributed by atoms with Crippen molar-refractivity contribution >= 4 is 17.0 Å². The first-order chi connectivity index (χ1) is 10.8. The van der Waals surface area contributed by atoms with Gasteiger partial charge in [0.2, 0.25) is 0 Å². The molecule has 0 N–H and O–H groups in total. The van der Waals surface area contributed by atoms with Crippen molar-refractivity contribution in [2.24, 2.45) is 0 Å². The molecule has 0 aliphatic rings. The number of hydrogen-bond acceptors (Lipinski definition) is 3. The van der Waals surface area contributed by atoms with Crippen molar-refractivity contribution in [1.82, 2.24) is 9.38 Å². The lowest BCUT2D eigenvalue weighted by molar-refractivity contribution is 0.415. The molecule has 0 radical (unpaired) electrons. The van der Waals surface area contributed by atoms with Gasteiger partial charge in [-0.2, -0.15) is 11.3 Å². The molecule has 1 aromatic carbocycles. The first-order valence-corrected chi connectivity index (χ1v) is 7.93. The summed E-state index contributed by atoms with van der Waals surface area (Å²) in [6.45, 7) is 0. The van der Waals surface area contributed by atoms with Gasteiger partial charge in [-0.15, -0.1) is 0 Å². The summed E-state index contributed by atoms with van der Waals surface area (Å²) in [5, 5.41) is 4.19. The van der Waals surface area contributed by atoms with Crippen molar-refractivity contribution in [2.45, 2.75) is 0 Å². The summed E-state index contributed by atoms with van der Waals surface area (Å²) in [4.78, 5) is 4.67. The maximum atomic E-state index is 5.30. The maximum absolute atomic E-state index is 5.30. The molecule has 0 atom stereocenters. The number of rotatable bonds is 3. The van der Waals surface area contributed by atoms with Gasteiger partial charge < -0.3 is 9.14 Å². The second kappa shape index (κ2) is 5.31. The molecule has 0 aliphatic carbocycles. The van der Waals surface area contributed by atoms with Crippen LogP contribution >= 0.6 is 11.3 Å². The average molecular weight is 306 g/mol. The predicted octanol–water partition coefficient (Wildman–Crippen LogP) is 4.74. The Morgan fingerprint density at radius 2 is 1.95 bits per heavy atom. The highest BCUT2D eigenvalue weighted by Gasteiger charge is 2.06. The van der Waals surface area contributed by atoms with Crippen molar-refractivity contribution in [3.63, 3.8) is 0 Å². The largest absolute Gasteiger partial charge is 0.497 e.